The van der Waals surface area contributed by atoms with Gasteiger partial charge in [0, 0.05) is 5.56 Å². The van der Waals surface area contributed by atoms with Crippen molar-refractivity contribution < 1.29 is 29.0 Å². The number of halogens is 1. The molecular weight excluding hydrogens is 345 g/mol. The van der Waals surface area contributed by atoms with Gasteiger partial charge in [0.25, 0.3) is 5.91 Å². The van der Waals surface area contributed by atoms with Crippen molar-refractivity contribution in [1.82, 2.24) is 4.90 Å². The number of carbonyl (C=O) groups excluding carboxylic acids is 1. The Morgan fingerprint density at radius 3 is 2.57 bits per heavy atom. The summed E-state index contributed by atoms with van der Waals surface area (Å²) in [6.45, 7) is 0. The lowest BCUT2D eigenvalue weighted by Crippen LogP contribution is -2.45. The minimum Gasteiger partial charge on any atom is -0.481 e. The molecule has 1 aliphatic rings. The Morgan fingerprint density at radius 2 is 2.00 bits per heavy atom. The van der Waals surface area contributed by atoms with Crippen molar-refractivity contribution in [3.8, 4) is 0 Å². The molecule has 1 atom stereocenters. The van der Waals surface area contributed by atoms with Crippen LogP contribution < -0.4 is 0 Å². The standard InChI is InChI=1S/C14H10FNO5S2/c15-8-4-2-1-3-7(8)5-10-12(19)16(14(22)23-10)9(13(20)21)6-11(17)18/h1-5,9H,6H2,(H,17,18)(H,20,21)/b10-5+/t9-/m1/s1. The van der Waals surface area contributed by atoms with Crippen molar-refractivity contribution in [3.63, 3.8) is 0 Å². The van der Waals surface area contributed by atoms with E-state index in [1.807, 2.05) is 0 Å². The highest BCUT2D eigenvalue weighted by atomic mass is 32.2. The summed E-state index contributed by atoms with van der Waals surface area (Å²) >= 11 is 5.77. The summed E-state index contributed by atoms with van der Waals surface area (Å²) in [7, 11) is 0. The van der Waals surface area contributed by atoms with Gasteiger partial charge in [0.1, 0.15) is 16.2 Å². The molecule has 120 valence electrons. The van der Waals surface area contributed by atoms with Crippen LogP contribution in [0.3, 0.4) is 0 Å². The second-order valence-corrected chi connectivity index (χ2v) is 6.20. The van der Waals surface area contributed by atoms with Gasteiger partial charge in [-0.3, -0.25) is 14.5 Å². The van der Waals surface area contributed by atoms with E-state index in [2.05, 4.69) is 0 Å². The Hall–Kier alpha value is -2.26. The predicted molar refractivity (Wildman–Crippen MR) is 85.1 cm³/mol. The molecule has 1 aromatic carbocycles. The molecule has 2 N–H and O–H groups in total. The highest BCUT2D eigenvalue weighted by molar-refractivity contribution is 8.26. The van der Waals surface area contributed by atoms with Crippen molar-refractivity contribution in [2.75, 3.05) is 0 Å². The molecule has 2 rings (SSSR count). The molecule has 1 amide bonds. The first-order valence-corrected chi connectivity index (χ1v) is 7.50. The Morgan fingerprint density at radius 1 is 1.35 bits per heavy atom. The van der Waals surface area contributed by atoms with E-state index < -0.39 is 36.1 Å². The fourth-order valence-corrected chi connectivity index (χ4v) is 3.28. The zero-order valence-corrected chi connectivity index (χ0v) is 13.1. The van der Waals surface area contributed by atoms with Crippen LogP contribution in [0.5, 0.6) is 0 Å². The van der Waals surface area contributed by atoms with Crippen LogP contribution in [0.4, 0.5) is 4.39 Å². The van der Waals surface area contributed by atoms with Gasteiger partial charge in [0.15, 0.2) is 0 Å². The molecule has 0 bridgehead atoms. The molecule has 1 aliphatic heterocycles. The maximum Gasteiger partial charge on any atom is 0.327 e. The van der Waals surface area contributed by atoms with Crippen LogP contribution in [0.25, 0.3) is 6.08 Å². The van der Waals surface area contributed by atoms with Gasteiger partial charge in [-0.15, -0.1) is 0 Å². The predicted octanol–water partition coefficient (Wildman–Crippen LogP) is 1.95. The van der Waals surface area contributed by atoms with E-state index in [4.69, 9.17) is 22.4 Å². The number of rotatable bonds is 5. The maximum atomic E-state index is 13.6. The number of benzene rings is 1. The third-order valence-electron chi connectivity index (χ3n) is 2.98. The fourth-order valence-electron chi connectivity index (χ4n) is 1.94. The van der Waals surface area contributed by atoms with Gasteiger partial charge >= 0.3 is 11.9 Å². The molecule has 0 aliphatic carbocycles. The monoisotopic (exact) mass is 355 g/mol. The quantitative estimate of drug-likeness (QED) is 0.616. The van der Waals surface area contributed by atoms with Crippen molar-refractivity contribution in [3.05, 3.63) is 40.6 Å². The number of hydrogen-bond acceptors (Lipinski definition) is 5. The molecule has 1 saturated heterocycles. The molecule has 6 nitrogen and oxygen atoms in total. The topological polar surface area (TPSA) is 94.9 Å². The molecule has 9 heteroatoms. The molecule has 1 heterocycles. The average molecular weight is 355 g/mol. The number of aliphatic carboxylic acids is 2. The van der Waals surface area contributed by atoms with Crippen LogP contribution in [0.1, 0.15) is 12.0 Å². The Labute approximate surface area is 139 Å². The number of amides is 1. The molecule has 0 unspecified atom stereocenters. The van der Waals surface area contributed by atoms with Gasteiger partial charge in [-0.2, -0.15) is 0 Å². The van der Waals surface area contributed by atoms with Crippen LogP contribution in [0.2, 0.25) is 0 Å². The average Bonchev–Trinajstić information content (AvgIpc) is 2.73. The number of carboxylic acids is 2. The smallest absolute Gasteiger partial charge is 0.327 e. The third kappa shape index (κ3) is 3.74. The second-order valence-electron chi connectivity index (χ2n) is 4.53. The summed E-state index contributed by atoms with van der Waals surface area (Å²) < 4.78 is 13.6. The van der Waals surface area contributed by atoms with Crippen molar-refractivity contribution in [2.24, 2.45) is 0 Å². The van der Waals surface area contributed by atoms with Gasteiger partial charge in [-0.05, 0) is 12.1 Å². The molecule has 23 heavy (non-hydrogen) atoms. The highest BCUT2D eigenvalue weighted by Gasteiger charge is 2.41. The zero-order chi connectivity index (χ0) is 17.1. The molecule has 0 aromatic heterocycles. The van der Waals surface area contributed by atoms with Gasteiger partial charge in [0.05, 0.1) is 11.3 Å². The van der Waals surface area contributed by atoms with Crippen LogP contribution in [0.15, 0.2) is 29.2 Å². The number of hydrogen-bond donors (Lipinski definition) is 2. The summed E-state index contributed by atoms with van der Waals surface area (Å²) in [5, 5.41) is 17.9. The molecule has 0 spiro atoms. The Bertz CT molecular complexity index is 734. The van der Waals surface area contributed by atoms with Gasteiger partial charge in [0.2, 0.25) is 0 Å². The Balaban J connectivity index is 2.34. The molecule has 0 saturated carbocycles. The fraction of sp³-hybridized carbons (Fsp3) is 0.143. The minimum atomic E-state index is -1.61. The first-order valence-electron chi connectivity index (χ1n) is 6.27. The number of carbonyl (C=O) groups is 3. The Kier molecular flexibility index (Phi) is 5.12. The van der Waals surface area contributed by atoms with Crippen LogP contribution in [-0.4, -0.2) is 43.3 Å². The van der Waals surface area contributed by atoms with Gasteiger partial charge in [-0.25, -0.2) is 9.18 Å². The SMILES string of the molecule is O=C(O)C[C@H](C(=O)O)N1C(=O)/C(=C\c2ccccc2F)SC1=S. The van der Waals surface area contributed by atoms with E-state index in [1.54, 1.807) is 6.07 Å². The van der Waals surface area contributed by atoms with E-state index in [0.29, 0.717) is 0 Å². The number of carboxylic acid groups (broad SMARTS) is 2. The minimum absolute atomic E-state index is 0.0386. The highest BCUT2D eigenvalue weighted by Crippen LogP contribution is 2.34. The van der Waals surface area contributed by atoms with E-state index in [0.717, 1.165) is 16.7 Å². The first-order chi connectivity index (χ1) is 10.8. The summed E-state index contributed by atoms with van der Waals surface area (Å²) in [6.07, 6.45) is 0.475. The number of thiocarbonyl (C=S) groups is 1. The lowest BCUT2D eigenvalue weighted by atomic mass is 10.1. The van der Waals surface area contributed by atoms with Crippen molar-refractivity contribution in [2.45, 2.75) is 12.5 Å². The first kappa shape index (κ1) is 17.1. The van der Waals surface area contributed by atoms with E-state index in [-0.39, 0.29) is 14.8 Å². The zero-order valence-electron chi connectivity index (χ0n) is 11.4. The second kappa shape index (κ2) is 6.88. The lowest BCUT2D eigenvalue weighted by Gasteiger charge is -2.21. The molecule has 0 radical (unpaired) electrons. The number of thioether (sulfide) groups is 1. The van der Waals surface area contributed by atoms with E-state index >= 15 is 0 Å². The van der Waals surface area contributed by atoms with Crippen LogP contribution >= 0.6 is 24.0 Å². The summed E-state index contributed by atoms with van der Waals surface area (Å²) in [6, 6.07) is 4.14. The number of nitrogens with zero attached hydrogens (tertiary/aromatic N) is 1. The van der Waals surface area contributed by atoms with Crippen LogP contribution in [-0.2, 0) is 14.4 Å². The van der Waals surface area contributed by atoms with Crippen LogP contribution in [0, 0.1) is 5.82 Å². The maximum absolute atomic E-state index is 13.6. The lowest BCUT2D eigenvalue weighted by molar-refractivity contribution is -0.150. The molecular formula is C14H10FNO5S2. The molecule has 1 fully saturated rings. The van der Waals surface area contributed by atoms with E-state index in [9.17, 15) is 18.8 Å². The molecule has 1 aromatic rings. The third-order valence-corrected chi connectivity index (χ3v) is 4.31. The van der Waals surface area contributed by atoms with Crippen molar-refractivity contribution in [1.29, 1.82) is 0 Å². The summed E-state index contributed by atoms with van der Waals surface area (Å²) in [5.41, 5.74) is 0.151. The largest absolute Gasteiger partial charge is 0.481 e. The normalized spacial score (nSPS) is 17.6. The van der Waals surface area contributed by atoms with Gasteiger partial charge in [-0.1, -0.05) is 42.2 Å². The van der Waals surface area contributed by atoms with E-state index in [1.165, 1.54) is 24.3 Å². The van der Waals surface area contributed by atoms with Crippen molar-refractivity contribution >= 4 is 52.2 Å². The van der Waals surface area contributed by atoms with Gasteiger partial charge < -0.3 is 10.2 Å². The summed E-state index contributed by atoms with van der Waals surface area (Å²) in [5.74, 6) is -4.14. The summed E-state index contributed by atoms with van der Waals surface area (Å²) in [4.78, 5) is 35.1.